The van der Waals surface area contributed by atoms with Crippen molar-refractivity contribution >= 4 is 0 Å². The molecule has 1 rings (SSSR count). The highest BCUT2D eigenvalue weighted by Gasteiger charge is 2.54. The third-order valence-electron chi connectivity index (χ3n) is 1.54. The lowest BCUT2D eigenvalue weighted by Crippen LogP contribution is -2.27. The maximum Gasteiger partial charge on any atom is 0.466 e. The Morgan fingerprint density at radius 2 is 1.90 bits per heavy atom. The topological polar surface area (TPSA) is 4.36 Å². The van der Waals surface area contributed by atoms with Crippen LogP contribution in [0.5, 0.6) is 0 Å². The molecule has 1 atom stereocenters. The fraction of sp³-hybridized carbons (Fsp3) is 0.833. The fourth-order valence-electron chi connectivity index (χ4n) is 0.858. The first-order chi connectivity index (χ1) is 4.55. The Kier molecular flexibility index (Phi) is 1.59. The lowest BCUT2D eigenvalue weighted by Gasteiger charge is -2.06. The number of rotatable bonds is 1. The molecule has 1 nitrogen and oxygen atoms in total. The molecule has 1 aliphatic rings. The molecule has 0 spiro atoms. The van der Waals surface area contributed by atoms with Crippen molar-refractivity contribution in [2.45, 2.75) is 25.1 Å². The molecule has 0 aromatic carbocycles. The van der Waals surface area contributed by atoms with E-state index in [-0.39, 0.29) is 0 Å². The van der Waals surface area contributed by atoms with Crippen molar-refractivity contribution in [1.82, 2.24) is 0 Å². The van der Waals surface area contributed by atoms with Crippen LogP contribution in [-0.2, 0) is 0 Å². The van der Waals surface area contributed by atoms with Crippen LogP contribution in [0.4, 0.5) is 13.2 Å². The van der Waals surface area contributed by atoms with Crippen LogP contribution in [0.25, 0.3) is 4.85 Å². The molecule has 1 saturated carbocycles. The normalized spacial score (nSPS) is 21.8. The van der Waals surface area contributed by atoms with Gasteiger partial charge in [-0.1, -0.05) is 0 Å². The zero-order chi connectivity index (χ0) is 7.78. The van der Waals surface area contributed by atoms with Gasteiger partial charge in [0.25, 0.3) is 0 Å². The lowest BCUT2D eigenvalue weighted by molar-refractivity contribution is -0.142. The van der Waals surface area contributed by atoms with Crippen molar-refractivity contribution in [3.63, 3.8) is 0 Å². The van der Waals surface area contributed by atoms with E-state index in [9.17, 15) is 13.2 Å². The molecule has 0 N–H and O–H groups in total. The summed E-state index contributed by atoms with van der Waals surface area (Å²) in [5.41, 5.74) is 0. The molecule has 10 heavy (non-hydrogen) atoms. The van der Waals surface area contributed by atoms with E-state index in [4.69, 9.17) is 6.57 Å². The first-order valence-corrected chi connectivity index (χ1v) is 2.99. The van der Waals surface area contributed by atoms with Crippen molar-refractivity contribution < 1.29 is 13.2 Å². The third kappa shape index (κ3) is 1.41. The smallest absolute Gasteiger partial charge is 0.303 e. The summed E-state index contributed by atoms with van der Waals surface area (Å²) in [4.78, 5) is 2.55. The van der Waals surface area contributed by atoms with Crippen molar-refractivity contribution in [3.05, 3.63) is 11.4 Å². The Labute approximate surface area is 56.7 Å². The maximum absolute atomic E-state index is 11.8. The number of halogens is 3. The molecule has 0 amide bonds. The van der Waals surface area contributed by atoms with Gasteiger partial charge in [-0.05, 0) is 12.8 Å². The second-order valence-corrected chi connectivity index (χ2v) is 2.45. The highest BCUT2D eigenvalue weighted by Crippen LogP contribution is 2.41. The molecule has 0 bridgehead atoms. The van der Waals surface area contributed by atoms with E-state index in [0.29, 0.717) is 12.8 Å². The number of hydrogen-bond donors (Lipinski definition) is 0. The Bertz CT molecular complexity index is 163. The zero-order valence-corrected chi connectivity index (χ0v) is 5.15. The second-order valence-electron chi connectivity index (χ2n) is 2.45. The van der Waals surface area contributed by atoms with Gasteiger partial charge in [0, 0.05) is 5.92 Å². The van der Waals surface area contributed by atoms with Gasteiger partial charge >= 0.3 is 12.2 Å². The Hall–Kier alpha value is -0.720. The quantitative estimate of drug-likeness (QED) is 0.503. The predicted molar refractivity (Wildman–Crippen MR) is 29.2 cm³/mol. The van der Waals surface area contributed by atoms with Gasteiger partial charge in [0.05, 0.1) is 0 Å². The minimum absolute atomic E-state index is 0.405. The largest absolute Gasteiger partial charge is 0.466 e. The van der Waals surface area contributed by atoms with Crippen molar-refractivity contribution in [3.8, 4) is 0 Å². The van der Waals surface area contributed by atoms with Gasteiger partial charge in [-0.3, -0.25) is 0 Å². The minimum atomic E-state index is -4.30. The average molecular weight is 149 g/mol. The summed E-state index contributed by atoms with van der Waals surface area (Å²) in [6.45, 7) is 6.29. The van der Waals surface area contributed by atoms with Crippen LogP contribution in [-0.4, -0.2) is 12.2 Å². The summed E-state index contributed by atoms with van der Waals surface area (Å²) in [5, 5.41) is 0. The molecular weight excluding hydrogens is 143 g/mol. The lowest BCUT2D eigenvalue weighted by atomic mass is 10.2. The van der Waals surface area contributed by atoms with Crippen LogP contribution in [0.1, 0.15) is 12.8 Å². The monoisotopic (exact) mass is 149 g/mol. The molecular formula is C6H6F3N. The zero-order valence-electron chi connectivity index (χ0n) is 5.15. The van der Waals surface area contributed by atoms with Crippen LogP contribution in [0.3, 0.4) is 0 Å². The average Bonchev–Trinajstić information content (AvgIpc) is 2.46. The van der Waals surface area contributed by atoms with E-state index in [1.54, 1.807) is 0 Å². The van der Waals surface area contributed by atoms with Crippen LogP contribution in [0, 0.1) is 12.5 Å². The standard InChI is InChI=1S/C6H6F3N/c1-10-5(4-2-3-4)6(7,8)9/h4-5H,2-3H2. The van der Waals surface area contributed by atoms with Crippen LogP contribution < -0.4 is 0 Å². The second kappa shape index (κ2) is 2.15. The number of nitrogens with zero attached hydrogens (tertiary/aromatic N) is 1. The van der Waals surface area contributed by atoms with E-state index in [1.807, 2.05) is 0 Å². The van der Waals surface area contributed by atoms with Gasteiger partial charge in [-0.25, -0.2) is 6.57 Å². The first-order valence-electron chi connectivity index (χ1n) is 2.99. The molecule has 0 heterocycles. The summed E-state index contributed by atoms with van der Waals surface area (Å²) in [6.07, 6.45) is -3.18. The summed E-state index contributed by atoms with van der Waals surface area (Å²) in [5.74, 6) is -0.405. The summed E-state index contributed by atoms with van der Waals surface area (Å²) in [6, 6.07) is -1.73. The third-order valence-corrected chi connectivity index (χ3v) is 1.54. The first kappa shape index (κ1) is 7.39. The van der Waals surface area contributed by atoms with Crippen molar-refractivity contribution in [2.24, 2.45) is 5.92 Å². The highest BCUT2D eigenvalue weighted by molar-refractivity contribution is 4.97. The molecule has 0 radical (unpaired) electrons. The van der Waals surface area contributed by atoms with Gasteiger partial charge in [0.1, 0.15) is 0 Å². The molecule has 1 unspecified atom stereocenters. The van der Waals surface area contributed by atoms with E-state index < -0.39 is 18.1 Å². The molecule has 0 aromatic rings. The summed E-state index contributed by atoms with van der Waals surface area (Å²) < 4.78 is 35.4. The van der Waals surface area contributed by atoms with E-state index in [2.05, 4.69) is 4.85 Å². The van der Waals surface area contributed by atoms with E-state index >= 15 is 0 Å². The molecule has 0 aromatic heterocycles. The van der Waals surface area contributed by atoms with E-state index in [1.165, 1.54) is 0 Å². The number of hydrogen-bond acceptors (Lipinski definition) is 0. The predicted octanol–water partition coefficient (Wildman–Crippen LogP) is 2.25. The Morgan fingerprint density at radius 3 is 2.00 bits per heavy atom. The molecule has 1 aliphatic carbocycles. The summed E-state index contributed by atoms with van der Waals surface area (Å²) >= 11 is 0. The maximum atomic E-state index is 11.8. The van der Waals surface area contributed by atoms with Gasteiger partial charge in [-0.15, -0.1) is 0 Å². The molecule has 56 valence electrons. The van der Waals surface area contributed by atoms with Crippen molar-refractivity contribution in [1.29, 1.82) is 0 Å². The minimum Gasteiger partial charge on any atom is -0.303 e. The SMILES string of the molecule is [C-]#[N+]C(C1CC1)C(F)(F)F. The van der Waals surface area contributed by atoms with Crippen LogP contribution in [0.15, 0.2) is 0 Å². The Balaban J connectivity index is 2.57. The van der Waals surface area contributed by atoms with Crippen molar-refractivity contribution in [2.75, 3.05) is 0 Å². The molecule has 0 aliphatic heterocycles. The van der Waals surface area contributed by atoms with Gasteiger partial charge in [0.2, 0.25) is 0 Å². The van der Waals surface area contributed by atoms with Gasteiger partial charge in [-0.2, -0.15) is 13.2 Å². The molecule has 1 fully saturated rings. The van der Waals surface area contributed by atoms with Crippen LogP contribution in [0.2, 0.25) is 0 Å². The van der Waals surface area contributed by atoms with Gasteiger partial charge in [0.15, 0.2) is 0 Å². The molecule has 4 heteroatoms. The molecule has 0 saturated heterocycles. The fourth-order valence-corrected chi connectivity index (χ4v) is 0.858. The van der Waals surface area contributed by atoms with Gasteiger partial charge < -0.3 is 4.85 Å². The number of alkyl halides is 3. The summed E-state index contributed by atoms with van der Waals surface area (Å²) in [7, 11) is 0. The van der Waals surface area contributed by atoms with E-state index in [0.717, 1.165) is 0 Å². The Morgan fingerprint density at radius 1 is 1.40 bits per heavy atom. The van der Waals surface area contributed by atoms with Crippen LogP contribution >= 0.6 is 0 Å². The highest BCUT2D eigenvalue weighted by atomic mass is 19.4.